The van der Waals surface area contributed by atoms with Crippen LogP contribution in [0.1, 0.15) is 53.9 Å². The van der Waals surface area contributed by atoms with Gasteiger partial charge in [0.1, 0.15) is 11.9 Å². The molecule has 1 N–H and O–H groups in total. The number of H-pyrrole nitrogens is 1. The molecule has 1 fully saturated rings. The molecule has 0 saturated carbocycles. The molecule has 8 heteroatoms. The second-order valence-corrected chi connectivity index (χ2v) is 12.1. The van der Waals surface area contributed by atoms with Gasteiger partial charge >= 0.3 is 0 Å². The Morgan fingerprint density at radius 2 is 1.84 bits per heavy atom. The van der Waals surface area contributed by atoms with Crippen molar-refractivity contribution in [3.05, 3.63) is 63.3 Å². The predicted molar refractivity (Wildman–Crippen MR) is 128 cm³/mol. The van der Waals surface area contributed by atoms with Gasteiger partial charge in [-0.1, -0.05) is 35.8 Å². The van der Waals surface area contributed by atoms with Crippen LogP contribution in [0.15, 0.2) is 40.9 Å². The number of ether oxygens (including phenoxy) is 1. The van der Waals surface area contributed by atoms with Crippen molar-refractivity contribution in [1.82, 2.24) is 9.29 Å². The summed E-state index contributed by atoms with van der Waals surface area (Å²) in [5, 5.41) is 0.935. The number of piperidine rings is 1. The highest BCUT2D eigenvalue weighted by Gasteiger charge is 2.40. The van der Waals surface area contributed by atoms with Crippen LogP contribution in [0.25, 0.3) is 10.9 Å². The molecule has 1 aliphatic heterocycles. The van der Waals surface area contributed by atoms with Crippen LogP contribution in [0.5, 0.6) is 5.75 Å². The molecule has 6 nitrogen and oxygen atoms in total. The summed E-state index contributed by atoms with van der Waals surface area (Å²) < 4.78 is 32.2. The van der Waals surface area contributed by atoms with Gasteiger partial charge in [0, 0.05) is 45.1 Å². The molecule has 5 rings (SSSR count). The van der Waals surface area contributed by atoms with Crippen molar-refractivity contribution in [3.63, 3.8) is 0 Å². The van der Waals surface area contributed by atoms with Gasteiger partial charge in [0.25, 0.3) is 0 Å². The average molecular weight is 517 g/mol. The van der Waals surface area contributed by atoms with Crippen molar-refractivity contribution in [2.24, 2.45) is 0 Å². The van der Waals surface area contributed by atoms with E-state index in [1.807, 2.05) is 36.4 Å². The van der Waals surface area contributed by atoms with E-state index in [1.165, 1.54) is 10.6 Å². The molecule has 3 aromatic rings. The van der Waals surface area contributed by atoms with Gasteiger partial charge in [-0.15, -0.1) is 0 Å². The third-order valence-corrected chi connectivity index (χ3v) is 8.49. The third kappa shape index (κ3) is 3.49. The molecule has 0 radical (unpaired) electrons. The van der Waals surface area contributed by atoms with Crippen LogP contribution in [-0.4, -0.2) is 48.9 Å². The minimum Gasteiger partial charge on any atom is -0.490 e. The van der Waals surface area contributed by atoms with Crippen molar-refractivity contribution >= 4 is 42.6 Å². The SMILES string of the molecule is CC1(C)c2cc(OC3CCN(S(C)(=O)=O)CC3)ccc2C(=O)c2c1[nH]c1cc(Br)ccc21. The van der Waals surface area contributed by atoms with Crippen LogP contribution < -0.4 is 4.74 Å². The summed E-state index contributed by atoms with van der Waals surface area (Å²) in [4.78, 5) is 16.9. The number of aromatic amines is 1. The molecule has 168 valence electrons. The van der Waals surface area contributed by atoms with E-state index in [2.05, 4.69) is 34.8 Å². The molecule has 1 aliphatic carbocycles. The Morgan fingerprint density at radius 1 is 1.12 bits per heavy atom. The van der Waals surface area contributed by atoms with E-state index in [4.69, 9.17) is 4.74 Å². The predicted octanol–water partition coefficient (Wildman–Crippen LogP) is 4.60. The van der Waals surface area contributed by atoms with E-state index in [1.54, 1.807) is 0 Å². The molecule has 0 amide bonds. The van der Waals surface area contributed by atoms with Crippen LogP contribution in [-0.2, 0) is 15.4 Å². The number of carbonyl (C=O) groups excluding carboxylic acids is 1. The molecular weight excluding hydrogens is 492 g/mol. The summed E-state index contributed by atoms with van der Waals surface area (Å²) in [6, 6.07) is 11.6. The Hall–Kier alpha value is -2.16. The molecule has 1 saturated heterocycles. The number of aromatic nitrogens is 1. The maximum atomic E-state index is 13.5. The zero-order chi connectivity index (χ0) is 22.8. The molecule has 1 aromatic heterocycles. The number of benzene rings is 2. The molecule has 2 heterocycles. The normalized spacial score (nSPS) is 19.1. The molecule has 0 atom stereocenters. The fourth-order valence-corrected chi connectivity index (χ4v) is 6.16. The van der Waals surface area contributed by atoms with E-state index in [0.717, 1.165) is 32.2 Å². The fourth-order valence-electron chi connectivity index (χ4n) is 4.93. The number of sulfonamides is 1. The number of nitrogens with zero attached hydrogens (tertiary/aromatic N) is 1. The van der Waals surface area contributed by atoms with E-state index in [-0.39, 0.29) is 11.9 Å². The summed E-state index contributed by atoms with van der Waals surface area (Å²) in [6.45, 7) is 5.17. The first-order chi connectivity index (χ1) is 15.1. The Bertz CT molecular complexity index is 1350. The molecule has 0 spiro atoms. The fraction of sp³-hybridized carbons (Fsp3) is 0.375. The topological polar surface area (TPSA) is 79.5 Å². The van der Waals surface area contributed by atoms with Crippen LogP contribution in [0.3, 0.4) is 0 Å². The lowest BCUT2D eigenvalue weighted by atomic mass is 9.71. The highest BCUT2D eigenvalue weighted by Crippen LogP contribution is 2.45. The Morgan fingerprint density at radius 3 is 2.53 bits per heavy atom. The Kier molecular flexibility index (Phi) is 5.03. The van der Waals surface area contributed by atoms with E-state index in [9.17, 15) is 13.2 Å². The number of carbonyl (C=O) groups is 1. The molecule has 2 aromatic carbocycles. The minimum absolute atomic E-state index is 0.0240. The number of rotatable bonds is 3. The second-order valence-electron chi connectivity index (χ2n) is 9.21. The van der Waals surface area contributed by atoms with Crippen LogP contribution >= 0.6 is 15.9 Å². The van der Waals surface area contributed by atoms with Gasteiger partial charge < -0.3 is 9.72 Å². The largest absolute Gasteiger partial charge is 0.490 e. The first kappa shape index (κ1) is 21.7. The van der Waals surface area contributed by atoms with Crippen molar-refractivity contribution in [1.29, 1.82) is 0 Å². The van der Waals surface area contributed by atoms with Gasteiger partial charge in [-0.2, -0.15) is 0 Å². The lowest BCUT2D eigenvalue weighted by Crippen LogP contribution is -2.41. The number of ketones is 1. The smallest absolute Gasteiger partial charge is 0.211 e. The van der Waals surface area contributed by atoms with Gasteiger partial charge in [-0.3, -0.25) is 4.79 Å². The molecule has 32 heavy (non-hydrogen) atoms. The third-order valence-electron chi connectivity index (χ3n) is 6.69. The monoisotopic (exact) mass is 516 g/mol. The quantitative estimate of drug-likeness (QED) is 0.551. The first-order valence-corrected chi connectivity index (χ1v) is 13.3. The summed E-state index contributed by atoms with van der Waals surface area (Å²) in [6.07, 6.45) is 2.49. The number of hydrogen-bond donors (Lipinski definition) is 1. The first-order valence-electron chi connectivity index (χ1n) is 10.7. The van der Waals surface area contributed by atoms with Crippen LogP contribution in [0.2, 0.25) is 0 Å². The number of fused-ring (bicyclic) bond motifs is 4. The maximum absolute atomic E-state index is 13.5. The molecule has 0 bridgehead atoms. The Labute approximate surface area is 196 Å². The number of nitrogens with one attached hydrogen (secondary N) is 1. The van der Waals surface area contributed by atoms with Gasteiger partial charge in [-0.25, -0.2) is 12.7 Å². The summed E-state index contributed by atoms with van der Waals surface area (Å²) >= 11 is 3.51. The van der Waals surface area contributed by atoms with Gasteiger partial charge in [0.05, 0.1) is 11.8 Å². The van der Waals surface area contributed by atoms with Crippen molar-refractivity contribution in [3.8, 4) is 5.75 Å². The van der Waals surface area contributed by atoms with Crippen LogP contribution in [0, 0.1) is 0 Å². The second kappa shape index (κ2) is 7.43. The highest BCUT2D eigenvalue weighted by molar-refractivity contribution is 9.10. The summed E-state index contributed by atoms with van der Waals surface area (Å²) in [5.74, 6) is 0.737. The lowest BCUT2D eigenvalue weighted by Gasteiger charge is -2.33. The molecular formula is C24H25BrN2O4S. The zero-order valence-electron chi connectivity index (χ0n) is 18.2. The average Bonchev–Trinajstić information content (AvgIpc) is 3.12. The van der Waals surface area contributed by atoms with Crippen molar-refractivity contribution in [2.45, 2.75) is 38.2 Å². The van der Waals surface area contributed by atoms with Crippen LogP contribution in [0.4, 0.5) is 0 Å². The number of hydrogen-bond acceptors (Lipinski definition) is 4. The van der Waals surface area contributed by atoms with E-state index >= 15 is 0 Å². The van der Waals surface area contributed by atoms with Crippen molar-refractivity contribution < 1.29 is 17.9 Å². The van der Waals surface area contributed by atoms with Gasteiger partial charge in [0.2, 0.25) is 10.0 Å². The highest BCUT2D eigenvalue weighted by atomic mass is 79.9. The van der Waals surface area contributed by atoms with Gasteiger partial charge in [0.15, 0.2) is 5.78 Å². The number of halogens is 1. The van der Waals surface area contributed by atoms with Crippen molar-refractivity contribution in [2.75, 3.05) is 19.3 Å². The van der Waals surface area contributed by atoms with E-state index in [0.29, 0.717) is 37.2 Å². The van der Waals surface area contributed by atoms with Gasteiger partial charge in [-0.05, 0) is 48.7 Å². The standard InChI is InChI=1S/C24H25BrN2O4S/c1-24(2)19-13-16(31-15-8-10-27(11-9-15)32(3,29)30)5-7-17(19)22(28)21-18-6-4-14(25)12-20(18)26-23(21)24/h4-7,12-13,15,26H,8-11H2,1-3H3. The lowest BCUT2D eigenvalue weighted by molar-refractivity contribution is 0.103. The molecule has 2 aliphatic rings. The Balaban J connectivity index is 1.47. The van der Waals surface area contributed by atoms with E-state index < -0.39 is 15.4 Å². The minimum atomic E-state index is -3.16. The maximum Gasteiger partial charge on any atom is 0.211 e. The summed E-state index contributed by atoms with van der Waals surface area (Å²) in [7, 11) is -3.16. The zero-order valence-corrected chi connectivity index (χ0v) is 20.6. The summed E-state index contributed by atoms with van der Waals surface area (Å²) in [5.41, 5.74) is 3.84. The molecule has 0 unspecified atom stereocenters.